The fraction of sp³-hybridized carbons (Fsp3) is 0.361. The molecule has 0 atom stereocenters. The van der Waals surface area contributed by atoms with Crippen molar-refractivity contribution in [1.82, 2.24) is 19.8 Å². The van der Waals surface area contributed by atoms with Gasteiger partial charge in [-0.15, -0.1) is 0 Å². The summed E-state index contributed by atoms with van der Waals surface area (Å²) in [5.41, 5.74) is 2.88. The van der Waals surface area contributed by atoms with E-state index in [4.69, 9.17) is 16.3 Å². The first kappa shape index (κ1) is 36.1. The van der Waals surface area contributed by atoms with Crippen LogP contribution in [0.15, 0.2) is 79.0 Å². The second-order valence-electron chi connectivity index (χ2n) is 12.8. The van der Waals surface area contributed by atoms with Crippen molar-refractivity contribution in [2.45, 2.75) is 19.4 Å². The van der Waals surface area contributed by atoms with Crippen molar-refractivity contribution in [3.8, 4) is 0 Å². The number of para-hydroxylation sites is 2. The third-order valence-corrected chi connectivity index (χ3v) is 10.7. The molecule has 4 aromatic rings. The summed E-state index contributed by atoms with van der Waals surface area (Å²) in [6, 6.07) is 21.5. The highest BCUT2D eigenvalue weighted by Gasteiger charge is 2.27. The molecule has 15 heteroatoms. The molecular formula is C36H42ClFN8O4S. The van der Waals surface area contributed by atoms with Gasteiger partial charge < -0.3 is 25.2 Å². The Morgan fingerprint density at radius 1 is 0.980 bits per heavy atom. The Balaban J connectivity index is 0.984. The number of piperazine rings is 1. The molecule has 0 bridgehead atoms. The predicted octanol–water partition coefficient (Wildman–Crippen LogP) is 6.32. The Morgan fingerprint density at radius 2 is 1.69 bits per heavy atom. The lowest BCUT2D eigenvalue weighted by molar-refractivity contribution is 0.0767. The maximum atomic E-state index is 15.4. The summed E-state index contributed by atoms with van der Waals surface area (Å²) in [4.78, 5) is 27.5. The van der Waals surface area contributed by atoms with E-state index >= 15 is 4.39 Å². The molecular weight excluding hydrogens is 695 g/mol. The van der Waals surface area contributed by atoms with Gasteiger partial charge >= 0.3 is 6.09 Å². The number of rotatable bonds is 11. The fourth-order valence-corrected chi connectivity index (χ4v) is 6.95. The highest BCUT2D eigenvalue weighted by atomic mass is 35.5. The molecule has 1 aromatic heterocycles. The van der Waals surface area contributed by atoms with Crippen molar-refractivity contribution < 1.29 is 22.3 Å². The van der Waals surface area contributed by atoms with E-state index in [2.05, 4.69) is 30.4 Å². The number of hydrogen-bond donors (Lipinski definition) is 2. The number of benzene rings is 3. The molecule has 0 unspecified atom stereocenters. The van der Waals surface area contributed by atoms with Gasteiger partial charge in [0.2, 0.25) is 16.0 Å². The summed E-state index contributed by atoms with van der Waals surface area (Å²) in [7, 11) is -2.05. The molecule has 1 amide bonds. The first-order valence-corrected chi connectivity index (χ1v) is 19.1. The Hall–Kier alpha value is -4.66. The van der Waals surface area contributed by atoms with Crippen LogP contribution in [0.25, 0.3) is 0 Å². The maximum Gasteiger partial charge on any atom is 0.410 e. The van der Waals surface area contributed by atoms with Gasteiger partial charge in [0.1, 0.15) is 17.4 Å². The van der Waals surface area contributed by atoms with Crippen LogP contribution in [0.5, 0.6) is 0 Å². The normalized spacial score (nSPS) is 15.8. The minimum atomic E-state index is -3.51. The average Bonchev–Trinajstić information content (AvgIpc) is 3.13. The van der Waals surface area contributed by atoms with Crippen LogP contribution in [0.3, 0.4) is 0 Å². The highest BCUT2D eigenvalue weighted by molar-refractivity contribution is 7.92. The lowest BCUT2D eigenvalue weighted by atomic mass is 9.96. The van der Waals surface area contributed by atoms with Gasteiger partial charge in [0.15, 0.2) is 5.82 Å². The molecule has 2 aliphatic rings. The van der Waals surface area contributed by atoms with Gasteiger partial charge in [0, 0.05) is 58.5 Å². The third kappa shape index (κ3) is 9.37. The molecule has 2 fully saturated rings. The molecule has 51 heavy (non-hydrogen) atoms. The standard InChI is InChI=1S/C36H42ClFN8O4S/c1-43(51(2,48)49)33-11-7-6-10-31(33)41-34-29(37)23-39-35(42-34)40-28-12-13-32(30(38)22-28)45-20-18-44(19-21-45)24-26-14-16-46(17-15-26)36(47)50-25-27-8-4-3-5-9-27/h3-13,22-23,26H,14-21,24-25H2,1-2H3,(H2,39,40,41,42). The van der Waals surface area contributed by atoms with Gasteiger partial charge in [0.25, 0.3) is 0 Å². The van der Waals surface area contributed by atoms with Crippen molar-refractivity contribution in [1.29, 1.82) is 0 Å². The number of carbonyl (C=O) groups is 1. The van der Waals surface area contributed by atoms with Crippen molar-refractivity contribution in [3.63, 3.8) is 0 Å². The van der Waals surface area contributed by atoms with Crippen molar-refractivity contribution in [3.05, 3.63) is 95.4 Å². The van der Waals surface area contributed by atoms with Crippen LogP contribution in [0.2, 0.25) is 5.02 Å². The Labute approximate surface area is 303 Å². The summed E-state index contributed by atoms with van der Waals surface area (Å²) >= 11 is 6.38. The molecule has 12 nitrogen and oxygen atoms in total. The zero-order valence-corrected chi connectivity index (χ0v) is 30.2. The Kier molecular flexibility index (Phi) is 11.4. The molecule has 2 aliphatic heterocycles. The van der Waals surface area contributed by atoms with E-state index < -0.39 is 10.0 Å². The second kappa shape index (κ2) is 16.1. The van der Waals surface area contributed by atoms with Gasteiger partial charge in [-0.25, -0.2) is 22.6 Å². The summed E-state index contributed by atoms with van der Waals surface area (Å²) in [5.74, 6) is 0.591. The van der Waals surface area contributed by atoms with E-state index in [1.54, 1.807) is 41.3 Å². The first-order valence-electron chi connectivity index (χ1n) is 16.9. The van der Waals surface area contributed by atoms with Gasteiger partial charge in [-0.05, 0) is 54.7 Å². The molecule has 0 saturated carbocycles. The minimum absolute atomic E-state index is 0.187. The fourth-order valence-electron chi connectivity index (χ4n) is 6.29. The van der Waals surface area contributed by atoms with Crippen molar-refractivity contribution in [2.75, 3.05) is 79.0 Å². The maximum absolute atomic E-state index is 15.4. The van der Waals surface area contributed by atoms with Gasteiger partial charge in [0.05, 0.1) is 29.5 Å². The molecule has 0 radical (unpaired) electrons. The topological polar surface area (TPSA) is 123 Å². The number of amides is 1. The summed E-state index contributed by atoms with van der Waals surface area (Å²) < 4.78 is 46.4. The molecule has 3 aromatic carbocycles. The SMILES string of the molecule is CN(c1ccccc1Nc1nc(Nc2ccc(N3CCN(CC4CCN(C(=O)OCc5ccccc5)CC4)CC3)c(F)c2)ncc1Cl)S(C)(=O)=O. The lowest BCUT2D eigenvalue weighted by Gasteiger charge is -2.39. The van der Waals surface area contributed by atoms with Crippen LogP contribution in [-0.4, -0.2) is 93.4 Å². The van der Waals surface area contributed by atoms with E-state index in [0.29, 0.717) is 54.8 Å². The number of anilines is 6. The summed E-state index contributed by atoms with van der Waals surface area (Å²) in [6.07, 6.45) is 4.15. The number of piperidine rings is 1. The van der Waals surface area contributed by atoms with E-state index in [1.165, 1.54) is 19.3 Å². The molecule has 0 aliphatic carbocycles. The zero-order chi connectivity index (χ0) is 36.0. The molecule has 6 rings (SSSR count). The van der Waals surface area contributed by atoms with E-state index in [1.807, 2.05) is 30.3 Å². The number of hydrogen-bond acceptors (Lipinski definition) is 10. The molecule has 270 valence electrons. The third-order valence-electron chi connectivity index (χ3n) is 9.25. The number of nitrogens with one attached hydrogen (secondary N) is 2. The first-order chi connectivity index (χ1) is 24.5. The molecule has 3 heterocycles. The Bertz CT molecular complexity index is 1920. The summed E-state index contributed by atoms with van der Waals surface area (Å²) in [5, 5.41) is 6.36. The van der Waals surface area contributed by atoms with Gasteiger partial charge in [-0.1, -0.05) is 54.1 Å². The number of aromatic nitrogens is 2. The van der Waals surface area contributed by atoms with Gasteiger partial charge in [-0.2, -0.15) is 4.98 Å². The summed E-state index contributed by atoms with van der Waals surface area (Å²) in [6.45, 7) is 5.71. The number of ether oxygens (including phenoxy) is 1. The van der Waals surface area contributed by atoms with Gasteiger partial charge in [-0.3, -0.25) is 9.21 Å². The van der Waals surface area contributed by atoms with Crippen LogP contribution in [-0.2, 0) is 21.4 Å². The number of sulfonamides is 1. The number of carbonyl (C=O) groups excluding carboxylic acids is 1. The smallest absolute Gasteiger partial charge is 0.410 e. The largest absolute Gasteiger partial charge is 0.445 e. The van der Waals surface area contributed by atoms with Crippen molar-refractivity contribution in [2.24, 2.45) is 5.92 Å². The number of halogens is 2. The Morgan fingerprint density at radius 3 is 2.39 bits per heavy atom. The number of nitrogens with zero attached hydrogens (tertiary/aromatic N) is 6. The molecule has 0 spiro atoms. The lowest BCUT2D eigenvalue weighted by Crippen LogP contribution is -2.49. The molecule has 2 saturated heterocycles. The van der Waals surface area contributed by atoms with Crippen molar-refractivity contribution >= 4 is 62.2 Å². The average molecular weight is 737 g/mol. The second-order valence-corrected chi connectivity index (χ2v) is 15.2. The minimum Gasteiger partial charge on any atom is -0.445 e. The van der Waals surface area contributed by atoms with Crippen LogP contribution < -0.4 is 19.8 Å². The highest BCUT2D eigenvalue weighted by Crippen LogP contribution is 2.32. The quantitative estimate of drug-likeness (QED) is 0.181. The zero-order valence-electron chi connectivity index (χ0n) is 28.6. The predicted molar refractivity (Wildman–Crippen MR) is 199 cm³/mol. The van der Waals surface area contributed by atoms with Crippen LogP contribution >= 0.6 is 11.6 Å². The van der Waals surface area contributed by atoms with Crippen LogP contribution in [0.4, 0.5) is 43.7 Å². The van der Waals surface area contributed by atoms with Crippen LogP contribution in [0.1, 0.15) is 18.4 Å². The van der Waals surface area contributed by atoms with E-state index in [9.17, 15) is 13.2 Å². The number of likely N-dealkylation sites (tertiary alicyclic amines) is 1. The monoisotopic (exact) mass is 736 g/mol. The van der Waals surface area contributed by atoms with E-state index in [-0.39, 0.29) is 35.3 Å². The van der Waals surface area contributed by atoms with E-state index in [0.717, 1.165) is 48.6 Å². The van der Waals surface area contributed by atoms with Crippen LogP contribution in [0, 0.1) is 11.7 Å². The molecule has 2 N–H and O–H groups in total.